The number of nitrogens with one attached hydrogen (secondary N) is 1. The summed E-state index contributed by atoms with van der Waals surface area (Å²) in [5.41, 5.74) is 6.78. The topological polar surface area (TPSA) is 101 Å². The number of carbonyl (C=O) groups is 1. The van der Waals surface area contributed by atoms with Gasteiger partial charge in [-0.1, -0.05) is 12.1 Å². The minimum absolute atomic E-state index is 0.185. The highest BCUT2D eigenvalue weighted by Gasteiger charge is 2.19. The van der Waals surface area contributed by atoms with E-state index in [2.05, 4.69) is 10.3 Å². The molecule has 0 saturated heterocycles. The molecule has 6 heteroatoms. The number of hydrogen-bond donors (Lipinski definition) is 3. The fourth-order valence-electron chi connectivity index (χ4n) is 1.93. The molecule has 21 heavy (non-hydrogen) atoms. The summed E-state index contributed by atoms with van der Waals surface area (Å²) in [5, 5.41) is 12.0. The third-order valence-electron chi connectivity index (χ3n) is 3.10. The van der Waals surface area contributed by atoms with Gasteiger partial charge in [0.25, 0.3) is 0 Å². The average Bonchev–Trinajstić information content (AvgIpc) is 2.88. The van der Waals surface area contributed by atoms with Gasteiger partial charge in [0.05, 0.1) is 12.2 Å². The molecule has 0 aliphatic rings. The summed E-state index contributed by atoms with van der Waals surface area (Å²) in [6.07, 6.45) is 2.00. The molecule has 1 unspecified atom stereocenters. The Kier molecular flexibility index (Phi) is 4.59. The normalized spacial score (nSPS) is 13.7. The van der Waals surface area contributed by atoms with Crippen molar-refractivity contribution in [2.75, 3.05) is 0 Å². The molecule has 0 aliphatic heterocycles. The highest BCUT2D eigenvalue weighted by atomic mass is 16.4. The van der Waals surface area contributed by atoms with E-state index in [1.807, 2.05) is 0 Å². The second-order valence-corrected chi connectivity index (χ2v) is 5.02. The summed E-state index contributed by atoms with van der Waals surface area (Å²) >= 11 is 0. The van der Waals surface area contributed by atoms with Gasteiger partial charge in [-0.3, -0.25) is 4.79 Å². The third-order valence-corrected chi connectivity index (χ3v) is 3.10. The van der Waals surface area contributed by atoms with Gasteiger partial charge in [-0.05, 0) is 38.0 Å². The molecule has 112 valence electrons. The molecule has 1 aromatic heterocycles. The van der Waals surface area contributed by atoms with Crippen LogP contribution >= 0.6 is 0 Å². The number of phenolic OH excluding ortho intramolecular Hbond substituents is 1. The number of carbonyl (C=O) groups excluding carboxylic acids is 1. The van der Waals surface area contributed by atoms with Crippen LogP contribution in [0, 0.1) is 6.92 Å². The molecule has 0 saturated carbocycles. The lowest BCUT2D eigenvalue weighted by atomic mass is 10.1. The Morgan fingerprint density at radius 1 is 1.43 bits per heavy atom. The van der Waals surface area contributed by atoms with E-state index in [-0.39, 0.29) is 17.7 Å². The summed E-state index contributed by atoms with van der Waals surface area (Å²) in [7, 11) is 0. The van der Waals surface area contributed by atoms with Crippen molar-refractivity contribution in [2.45, 2.75) is 32.4 Å². The first-order valence-electron chi connectivity index (χ1n) is 6.72. The maximum absolute atomic E-state index is 12.0. The summed E-state index contributed by atoms with van der Waals surface area (Å²) in [4.78, 5) is 16.1. The van der Waals surface area contributed by atoms with Crippen LogP contribution in [0.25, 0.3) is 0 Å². The predicted octanol–water partition coefficient (Wildman–Crippen LogP) is 1.44. The van der Waals surface area contributed by atoms with Crippen molar-refractivity contribution in [2.24, 2.45) is 5.73 Å². The number of aromatic hydroxyl groups is 1. The Morgan fingerprint density at radius 2 is 2.10 bits per heavy atom. The zero-order valence-electron chi connectivity index (χ0n) is 12.0. The van der Waals surface area contributed by atoms with Crippen molar-refractivity contribution in [3.05, 3.63) is 47.7 Å². The lowest BCUT2D eigenvalue weighted by Crippen LogP contribution is -2.43. The Hall–Kier alpha value is -2.34. The molecule has 6 nitrogen and oxygen atoms in total. The highest BCUT2D eigenvalue weighted by Crippen LogP contribution is 2.13. The summed E-state index contributed by atoms with van der Waals surface area (Å²) < 4.78 is 5.36. The number of rotatable bonds is 5. The molecule has 0 spiro atoms. The third kappa shape index (κ3) is 4.06. The van der Waals surface area contributed by atoms with Crippen molar-refractivity contribution in [3.63, 3.8) is 0 Å². The number of oxazole rings is 1. The van der Waals surface area contributed by atoms with E-state index in [0.29, 0.717) is 18.1 Å². The number of aromatic nitrogens is 1. The molecular weight excluding hydrogens is 270 g/mol. The Balaban J connectivity index is 1.91. The highest BCUT2D eigenvalue weighted by molar-refractivity contribution is 5.82. The van der Waals surface area contributed by atoms with E-state index in [9.17, 15) is 9.90 Å². The molecule has 4 N–H and O–H groups in total. The first-order valence-corrected chi connectivity index (χ1v) is 6.72. The number of nitrogens with two attached hydrogens (primary N) is 1. The van der Waals surface area contributed by atoms with Crippen molar-refractivity contribution in [3.8, 4) is 5.75 Å². The fraction of sp³-hybridized carbons (Fsp3) is 0.333. The van der Waals surface area contributed by atoms with Crippen LogP contribution in [0.2, 0.25) is 0 Å². The van der Waals surface area contributed by atoms with Crippen molar-refractivity contribution in [1.82, 2.24) is 10.3 Å². The zero-order valence-corrected chi connectivity index (χ0v) is 12.0. The standard InChI is InChI=1S/C15H19N3O3/c1-9-8-17-15(21-9)10(2)18-14(20)13(16)7-11-3-5-12(19)6-4-11/h3-6,8,10,13,19H,7,16H2,1-2H3,(H,18,20)/t10?,13-/m0/s1. The van der Waals surface area contributed by atoms with Crippen LogP contribution in [-0.2, 0) is 11.2 Å². The maximum atomic E-state index is 12.0. The van der Waals surface area contributed by atoms with Crippen LogP contribution in [0.15, 0.2) is 34.9 Å². The first-order chi connectivity index (χ1) is 9.95. The van der Waals surface area contributed by atoms with Crippen molar-refractivity contribution >= 4 is 5.91 Å². The average molecular weight is 289 g/mol. The molecule has 0 aliphatic carbocycles. The molecule has 0 radical (unpaired) electrons. The van der Waals surface area contributed by atoms with Gasteiger partial charge >= 0.3 is 0 Å². The van der Waals surface area contributed by atoms with Gasteiger partial charge in [0.15, 0.2) is 0 Å². The number of amides is 1. The Morgan fingerprint density at radius 3 is 2.67 bits per heavy atom. The molecule has 0 fully saturated rings. The van der Waals surface area contributed by atoms with Crippen molar-refractivity contribution in [1.29, 1.82) is 0 Å². The maximum Gasteiger partial charge on any atom is 0.237 e. The Labute approximate surface area is 123 Å². The van der Waals surface area contributed by atoms with Crippen LogP contribution in [0.5, 0.6) is 5.75 Å². The van der Waals surface area contributed by atoms with Crippen LogP contribution < -0.4 is 11.1 Å². The van der Waals surface area contributed by atoms with E-state index >= 15 is 0 Å². The molecule has 2 aromatic rings. The lowest BCUT2D eigenvalue weighted by molar-refractivity contribution is -0.123. The summed E-state index contributed by atoms with van der Waals surface area (Å²) in [6.45, 7) is 3.58. The number of aryl methyl sites for hydroxylation is 1. The fourth-order valence-corrected chi connectivity index (χ4v) is 1.93. The molecule has 0 bridgehead atoms. The minimum atomic E-state index is -0.673. The molecule has 2 atom stereocenters. The minimum Gasteiger partial charge on any atom is -0.508 e. The molecular formula is C15H19N3O3. The molecule has 1 amide bonds. The number of benzene rings is 1. The number of hydrogen-bond acceptors (Lipinski definition) is 5. The van der Waals surface area contributed by atoms with Crippen LogP contribution in [0.1, 0.15) is 30.2 Å². The van der Waals surface area contributed by atoms with Gasteiger partial charge < -0.3 is 20.6 Å². The van der Waals surface area contributed by atoms with E-state index in [0.717, 1.165) is 5.56 Å². The summed E-state index contributed by atoms with van der Waals surface area (Å²) in [5.74, 6) is 1.06. The second-order valence-electron chi connectivity index (χ2n) is 5.02. The molecule has 1 aromatic carbocycles. The quantitative estimate of drug-likeness (QED) is 0.773. The van der Waals surface area contributed by atoms with Gasteiger partial charge in [-0.25, -0.2) is 4.98 Å². The largest absolute Gasteiger partial charge is 0.508 e. The molecule has 1 heterocycles. The monoisotopic (exact) mass is 289 g/mol. The smallest absolute Gasteiger partial charge is 0.237 e. The van der Waals surface area contributed by atoms with Crippen LogP contribution in [0.4, 0.5) is 0 Å². The van der Waals surface area contributed by atoms with E-state index in [1.165, 1.54) is 0 Å². The predicted molar refractivity (Wildman–Crippen MR) is 77.6 cm³/mol. The van der Waals surface area contributed by atoms with E-state index < -0.39 is 6.04 Å². The Bertz CT molecular complexity index is 607. The number of phenols is 1. The van der Waals surface area contributed by atoms with Gasteiger partial charge in [-0.15, -0.1) is 0 Å². The van der Waals surface area contributed by atoms with Gasteiger partial charge in [-0.2, -0.15) is 0 Å². The van der Waals surface area contributed by atoms with Crippen LogP contribution in [-0.4, -0.2) is 22.0 Å². The number of nitrogens with zero attached hydrogens (tertiary/aromatic N) is 1. The second kappa shape index (κ2) is 6.41. The van der Waals surface area contributed by atoms with Crippen molar-refractivity contribution < 1.29 is 14.3 Å². The molecule has 2 rings (SSSR count). The van der Waals surface area contributed by atoms with Gasteiger partial charge in [0.1, 0.15) is 17.6 Å². The van der Waals surface area contributed by atoms with Crippen LogP contribution in [0.3, 0.4) is 0 Å². The SMILES string of the molecule is Cc1cnc(C(C)NC(=O)[C@@H](N)Cc2ccc(O)cc2)o1. The van der Waals surface area contributed by atoms with Gasteiger partial charge in [0, 0.05) is 0 Å². The lowest BCUT2D eigenvalue weighted by Gasteiger charge is -2.15. The van der Waals surface area contributed by atoms with E-state index in [1.54, 1.807) is 44.3 Å². The van der Waals surface area contributed by atoms with Gasteiger partial charge in [0.2, 0.25) is 11.8 Å². The first kappa shape index (κ1) is 15.1. The summed E-state index contributed by atoms with van der Waals surface area (Å²) in [6, 6.07) is 5.60. The zero-order chi connectivity index (χ0) is 15.4. The van der Waals surface area contributed by atoms with E-state index in [4.69, 9.17) is 10.2 Å².